The highest BCUT2D eigenvalue weighted by atomic mass is 35.5. The van der Waals surface area contributed by atoms with Crippen LogP contribution in [0.4, 0.5) is 5.69 Å². The van der Waals surface area contributed by atoms with Crippen LogP contribution in [0.5, 0.6) is 0 Å². The van der Waals surface area contributed by atoms with Gasteiger partial charge in [-0.3, -0.25) is 14.4 Å². The Morgan fingerprint density at radius 3 is 2.56 bits per heavy atom. The third-order valence-electron chi connectivity index (χ3n) is 3.59. The van der Waals surface area contributed by atoms with Crippen molar-refractivity contribution < 1.29 is 23.9 Å². The lowest BCUT2D eigenvalue weighted by Gasteiger charge is -2.17. The molecular weight excluding hydrogens is 374 g/mol. The second-order valence-electron chi connectivity index (χ2n) is 5.71. The van der Waals surface area contributed by atoms with Crippen LogP contribution in [0.25, 0.3) is 0 Å². The minimum atomic E-state index is -0.773. The summed E-state index contributed by atoms with van der Waals surface area (Å²) >= 11 is 5.95. The molecule has 2 rings (SSSR count). The van der Waals surface area contributed by atoms with Gasteiger partial charge >= 0.3 is 5.97 Å². The van der Waals surface area contributed by atoms with Crippen LogP contribution < -0.4 is 5.32 Å². The summed E-state index contributed by atoms with van der Waals surface area (Å²) < 4.78 is 4.90. The van der Waals surface area contributed by atoms with Crippen molar-refractivity contribution in [1.29, 1.82) is 0 Å². The average Bonchev–Trinajstić information content (AvgIpc) is 3.11. The van der Waals surface area contributed by atoms with Crippen LogP contribution in [0, 0.1) is 0 Å². The number of ketones is 1. The van der Waals surface area contributed by atoms with Crippen molar-refractivity contribution in [3.8, 4) is 0 Å². The first kappa shape index (κ1) is 20.2. The molecule has 1 aromatic carbocycles. The summed E-state index contributed by atoms with van der Waals surface area (Å²) in [5, 5.41) is 2.97. The number of carbonyl (C=O) groups excluding carboxylic acids is 4. The molecule has 9 heteroatoms. The maximum atomic E-state index is 12.0. The molecular formula is C18H18ClN3O5. The second-order valence-corrected chi connectivity index (χ2v) is 6.12. The molecule has 0 saturated heterocycles. The van der Waals surface area contributed by atoms with E-state index < -0.39 is 24.4 Å². The normalized spacial score (nSPS) is 10.2. The summed E-state index contributed by atoms with van der Waals surface area (Å²) in [5.41, 5.74) is 0.832. The standard InChI is InChI=1S/C18H18ClN3O5/c1-11(23)12-7-15(20-8-12)18(26)27-10-17(25)22(2)9-16(24)21-14-6-4-3-5-13(14)19/h3-8,20H,9-10H2,1-2H3,(H,21,24). The number of nitrogens with one attached hydrogen (secondary N) is 2. The quantitative estimate of drug-likeness (QED) is 0.555. The highest BCUT2D eigenvalue weighted by molar-refractivity contribution is 6.33. The third kappa shape index (κ3) is 5.68. The van der Waals surface area contributed by atoms with E-state index in [1.54, 1.807) is 24.3 Å². The zero-order valence-corrected chi connectivity index (χ0v) is 15.5. The first-order valence-electron chi connectivity index (χ1n) is 7.92. The van der Waals surface area contributed by atoms with Gasteiger partial charge in [0.25, 0.3) is 5.91 Å². The van der Waals surface area contributed by atoms with Crippen molar-refractivity contribution in [3.05, 3.63) is 52.8 Å². The Labute approximate surface area is 160 Å². The Morgan fingerprint density at radius 1 is 1.22 bits per heavy atom. The molecule has 2 aromatic rings. The molecule has 1 heterocycles. The van der Waals surface area contributed by atoms with Crippen molar-refractivity contribution >= 4 is 40.9 Å². The topological polar surface area (TPSA) is 109 Å². The number of benzene rings is 1. The van der Waals surface area contributed by atoms with Crippen molar-refractivity contribution in [2.75, 3.05) is 25.5 Å². The Hall–Kier alpha value is -3.13. The molecule has 0 aliphatic rings. The van der Waals surface area contributed by atoms with Gasteiger partial charge in [0.15, 0.2) is 12.4 Å². The van der Waals surface area contributed by atoms with E-state index in [0.717, 1.165) is 4.90 Å². The smallest absolute Gasteiger partial charge is 0.355 e. The summed E-state index contributed by atoms with van der Waals surface area (Å²) in [6.45, 7) is 0.589. The predicted octanol–water partition coefficient (Wildman–Crippen LogP) is 2.12. The number of aromatic nitrogens is 1. The zero-order valence-electron chi connectivity index (χ0n) is 14.7. The van der Waals surface area contributed by atoms with E-state index in [1.165, 1.54) is 26.2 Å². The number of Topliss-reactive ketones (excluding diaryl/α,β-unsaturated/α-hetero) is 1. The van der Waals surface area contributed by atoms with Crippen LogP contribution >= 0.6 is 11.6 Å². The molecule has 0 aliphatic heterocycles. The maximum absolute atomic E-state index is 12.0. The molecule has 0 fully saturated rings. The number of para-hydroxylation sites is 1. The van der Waals surface area contributed by atoms with Crippen LogP contribution in [0.15, 0.2) is 36.5 Å². The van der Waals surface area contributed by atoms with Crippen molar-refractivity contribution in [1.82, 2.24) is 9.88 Å². The lowest BCUT2D eigenvalue weighted by Crippen LogP contribution is -2.37. The number of H-pyrrole nitrogens is 1. The van der Waals surface area contributed by atoms with Gasteiger partial charge in [0.2, 0.25) is 5.91 Å². The second kappa shape index (κ2) is 9.00. The van der Waals surface area contributed by atoms with Gasteiger partial charge in [-0.15, -0.1) is 0 Å². The van der Waals surface area contributed by atoms with Crippen LogP contribution in [0.1, 0.15) is 27.8 Å². The van der Waals surface area contributed by atoms with Crippen molar-refractivity contribution in [2.24, 2.45) is 0 Å². The molecule has 0 aliphatic carbocycles. The van der Waals surface area contributed by atoms with E-state index in [4.69, 9.17) is 16.3 Å². The average molecular weight is 392 g/mol. The van der Waals surface area contributed by atoms with E-state index >= 15 is 0 Å². The summed E-state index contributed by atoms with van der Waals surface area (Å²) in [6, 6.07) is 8.05. The number of anilines is 1. The Morgan fingerprint density at radius 2 is 1.93 bits per heavy atom. The van der Waals surface area contributed by atoms with Gasteiger partial charge in [0.05, 0.1) is 17.3 Å². The van der Waals surface area contributed by atoms with Gasteiger partial charge in [-0.05, 0) is 25.1 Å². The Balaban J connectivity index is 1.82. The number of nitrogens with zero attached hydrogens (tertiary/aromatic N) is 1. The van der Waals surface area contributed by atoms with Gasteiger partial charge < -0.3 is 19.9 Å². The molecule has 2 N–H and O–H groups in total. The number of halogens is 1. The van der Waals surface area contributed by atoms with Crippen molar-refractivity contribution in [3.63, 3.8) is 0 Å². The number of amides is 2. The van der Waals surface area contributed by atoms with Crippen LogP contribution in [0.2, 0.25) is 5.02 Å². The zero-order chi connectivity index (χ0) is 20.0. The van der Waals surface area contributed by atoms with E-state index in [9.17, 15) is 19.2 Å². The number of esters is 1. The fraction of sp³-hybridized carbons (Fsp3) is 0.222. The van der Waals surface area contributed by atoms with Gasteiger partial charge in [-0.2, -0.15) is 0 Å². The molecule has 0 spiro atoms. The van der Waals surface area contributed by atoms with Crippen LogP contribution in [-0.2, 0) is 14.3 Å². The SMILES string of the molecule is CC(=O)c1c[nH]c(C(=O)OCC(=O)N(C)CC(=O)Nc2ccccc2Cl)c1. The molecule has 27 heavy (non-hydrogen) atoms. The number of hydrogen-bond donors (Lipinski definition) is 2. The fourth-order valence-corrected chi connectivity index (χ4v) is 2.27. The van der Waals surface area contributed by atoms with Crippen LogP contribution in [0.3, 0.4) is 0 Å². The summed E-state index contributed by atoms with van der Waals surface area (Å²) in [6.07, 6.45) is 1.38. The molecule has 142 valence electrons. The highest BCUT2D eigenvalue weighted by Crippen LogP contribution is 2.20. The molecule has 0 radical (unpaired) electrons. The van der Waals surface area contributed by atoms with E-state index in [-0.39, 0.29) is 18.0 Å². The highest BCUT2D eigenvalue weighted by Gasteiger charge is 2.18. The maximum Gasteiger partial charge on any atom is 0.355 e. The largest absolute Gasteiger partial charge is 0.451 e. The molecule has 2 amide bonds. The molecule has 1 aromatic heterocycles. The van der Waals surface area contributed by atoms with Crippen LogP contribution in [-0.4, -0.2) is 53.7 Å². The lowest BCUT2D eigenvalue weighted by molar-refractivity contribution is -0.136. The summed E-state index contributed by atoms with van der Waals surface area (Å²) in [4.78, 5) is 50.8. The first-order chi connectivity index (χ1) is 12.8. The minimum Gasteiger partial charge on any atom is -0.451 e. The molecule has 0 bridgehead atoms. The Kier molecular flexibility index (Phi) is 6.73. The lowest BCUT2D eigenvalue weighted by atomic mass is 10.2. The minimum absolute atomic E-state index is 0.0621. The van der Waals surface area contributed by atoms with Gasteiger partial charge in [0, 0.05) is 18.8 Å². The predicted molar refractivity (Wildman–Crippen MR) is 98.8 cm³/mol. The molecule has 0 saturated carbocycles. The molecule has 8 nitrogen and oxygen atoms in total. The van der Waals surface area contributed by atoms with Crippen molar-refractivity contribution in [2.45, 2.75) is 6.92 Å². The number of carbonyl (C=O) groups is 4. The van der Waals surface area contributed by atoms with E-state index in [1.807, 2.05) is 0 Å². The number of aromatic amines is 1. The summed E-state index contributed by atoms with van der Waals surface area (Å²) in [5.74, 6) is -1.98. The first-order valence-corrected chi connectivity index (χ1v) is 8.30. The summed E-state index contributed by atoms with van der Waals surface area (Å²) in [7, 11) is 1.41. The number of ether oxygens (including phenoxy) is 1. The monoisotopic (exact) mass is 391 g/mol. The number of likely N-dealkylation sites (N-methyl/N-ethyl adjacent to an activating group) is 1. The van der Waals surface area contributed by atoms with Gasteiger partial charge in [0.1, 0.15) is 5.69 Å². The van der Waals surface area contributed by atoms with E-state index in [0.29, 0.717) is 16.3 Å². The van der Waals surface area contributed by atoms with Gasteiger partial charge in [-0.25, -0.2) is 4.79 Å². The molecule has 0 atom stereocenters. The van der Waals surface area contributed by atoms with E-state index in [2.05, 4.69) is 10.3 Å². The molecule has 0 unspecified atom stereocenters. The number of hydrogen-bond acceptors (Lipinski definition) is 5. The fourth-order valence-electron chi connectivity index (χ4n) is 2.09. The van der Waals surface area contributed by atoms with Gasteiger partial charge in [-0.1, -0.05) is 23.7 Å². The third-order valence-corrected chi connectivity index (χ3v) is 3.92. The Bertz CT molecular complexity index is 877. The number of rotatable bonds is 7.